The third-order valence-corrected chi connectivity index (χ3v) is 1.71. The predicted molar refractivity (Wildman–Crippen MR) is 52.7 cm³/mol. The van der Waals surface area contributed by atoms with Crippen LogP contribution in [0.5, 0.6) is 0 Å². The van der Waals surface area contributed by atoms with Gasteiger partial charge in [-0.25, -0.2) is 0 Å². The van der Waals surface area contributed by atoms with E-state index in [1.165, 1.54) is 0 Å². The second-order valence-electron chi connectivity index (χ2n) is 2.34. The Hall–Kier alpha value is -0.280. The van der Waals surface area contributed by atoms with Crippen LogP contribution in [0.4, 0.5) is 0 Å². The Morgan fingerprint density at radius 2 is 2.17 bits per heavy atom. The van der Waals surface area contributed by atoms with Crippen molar-refractivity contribution >= 4 is 24.0 Å². The lowest BCUT2D eigenvalue weighted by Crippen LogP contribution is -2.14. The molecule has 3 N–H and O–H groups in total. The Morgan fingerprint density at radius 1 is 1.50 bits per heavy atom. The van der Waals surface area contributed by atoms with Crippen LogP contribution in [-0.2, 0) is 0 Å². The van der Waals surface area contributed by atoms with Crippen LogP contribution in [0.25, 0.3) is 0 Å². The SMILES string of the molecule is Cl.N[C@@H](CO)c1cccc(Cl)c1. The van der Waals surface area contributed by atoms with E-state index < -0.39 is 0 Å². The molecule has 1 aromatic carbocycles. The summed E-state index contributed by atoms with van der Waals surface area (Å²) in [5, 5.41) is 9.36. The first-order valence-electron chi connectivity index (χ1n) is 3.36. The number of rotatable bonds is 2. The summed E-state index contributed by atoms with van der Waals surface area (Å²) in [6.45, 7) is -0.0552. The molecule has 12 heavy (non-hydrogen) atoms. The van der Waals surface area contributed by atoms with Crippen LogP contribution in [0.1, 0.15) is 11.6 Å². The highest BCUT2D eigenvalue weighted by Crippen LogP contribution is 2.15. The van der Waals surface area contributed by atoms with Gasteiger partial charge in [-0.3, -0.25) is 0 Å². The first kappa shape index (κ1) is 11.7. The summed E-state index contributed by atoms with van der Waals surface area (Å²) in [7, 11) is 0. The van der Waals surface area contributed by atoms with Crippen molar-refractivity contribution in [2.24, 2.45) is 5.73 Å². The van der Waals surface area contributed by atoms with Crippen molar-refractivity contribution in [1.82, 2.24) is 0 Å². The molecule has 0 saturated heterocycles. The van der Waals surface area contributed by atoms with Crippen LogP contribution in [0.15, 0.2) is 24.3 Å². The largest absolute Gasteiger partial charge is 0.394 e. The molecule has 0 bridgehead atoms. The van der Waals surface area contributed by atoms with Gasteiger partial charge in [0.25, 0.3) is 0 Å². The molecule has 0 radical (unpaired) electrons. The molecule has 0 spiro atoms. The van der Waals surface area contributed by atoms with E-state index >= 15 is 0 Å². The van der Waals surface area contributed by atoms with Gasteiger partial charge in [0.2, 0.25) is 0 Å². The first-order chi connectivity index (χ1) is 5.24. The second-order valence-corrected chi connectivity index (χ2v) is 2.78. The smallest absolute Gasteiger partial charge is 0.0624 e. The van der Waals surface area contributed by atoms with E-state index in [-0.39, 0.29) is 25.1 Å². The molecule has 2 nitrogen and oxygen atoms in total. The second kappa shape index (κ2) is 5.38. The Morgan fingerprint density at radius 3 is 2.67 bits per heavy atom. The van der Waals surface area contributed by atoms with E-state index in [9.17, 15) is 0 Å². The molecule has 4 heteroatoms. The first-order valence-corrected chi connectivity index (χ1v) is 3.73. The summed E-state index contributed by atoms with van der Waals surface area (Å²) in [6.07, 6.45) is 0. The van der Waals surface area contributed by atoms with E-state index in [1.807, 2.05) is 12.1 Å². The van der Waals surface area contributed by atoms with Crippen LogP contribution in [0.2, 0.25) is 5.02 Å². The number of halogens is 2. The monoisotopic (exact) mass is 207 g/mol. The summed E-state index contributed by atoms with van der Waals surface area (Å²) in [6, 6.07) is 6.85. The fourth-order valence-electron chi connectivity index (χ4n) is 0.843. The lowest BCUT2D eigenvalue weighted by Gasteiger charge is -2.07. The molecule has 1 aromatic rings. The van der Waals surface area contributed by atoms with Gasteiger partial charge in [0.1, 0.15) is 0 Å². The minimum absolute atomic E-state index is 0. The maximum absolute atomic E-state index is 8.71. The highest BCUT2D eigenvalue weighted by atomic mass is 35.5. The van der Waals surface area contributed by atoms with Crippen LogP contribution in [0, 0.1) is 0 Å². The zero-order chi connectivity index (χ0) is 8.27. The number of hydrogen-bond acceptors (Lipinski definition) is 2. The van der Waals surface area contributed by atoms with Crippen molar-refractivity contribution in [2.75, 3.05) is 6.61 Å². The van der Waals surface area contributed by atoms with Crippen molar-refractivity contribution in [3.63, 3.8) is 0 Å². The van der Waals surface area contributed by atoms with Crippen LogP contribution < -0.4 is 5.73 Å². The average molecular weight is 208 g/mol. The highest BCUT2D eigenvalue weighted by molar-refractivity contribution is 6.30. The number of benzene rings is 1. The van der Waals surface area contributed by atoms with Crippen molar-refractivity contribution in [1.29, 1.82) is 0 Å². The molecule has 0 saturated carbocycles. The molecule has 1 atom stereocenters. The van der Waals surface area contributed by atoms with Gasteiger partial charge in [-0.05, 0) is 17.7 Å². The van der Waals surface area contributed by atoms with Crippen molar-refractivity contribution in [3.8, 4) is 0 Å². The van der Waals surface area contributed by atoms with Gasteiger partial charge in [0.15, 0.2) is 0 Å². The number of aliphatic hydroxyl groups is 1. The van der Waals surface area contributed by atoms with Gasteiger partial charge in [0, 0.05) is 5.02 Å². The molecule has 0 unspecified atom stereocenters. The van der Waals surface area contributed by atoms with E-state index in [0.717, 1.165) is 5.56 Å². The Labute approximate surface area is 82.8 Å². The summed E-state index contributed by atoms with van der Waals surface area (Å²) in [5.41, 5.74) is 6.42. The predicted octanol–water partition coefficient (Wildman–Crippen LogP) is 1.75. The van der Waals surface area contributed by atoms with E-state index in [4.69, 9.17) is 22.4 Å². The summed E-state index contributed by atoms with van der Waals surface area (Å²) < 4.78 is 0. The quantitative estimate of drug-likeness (QED) is 0.777. The molecule has 0 fully saturated rings. The van der Waals surface area contributed by atoms with E-state index in [2.05, 4.69) is 0 Å². The summed E-state index contributed by atoms with van der Waals surface area (Å²) in [4.78, 5) is 0. The Balaban J connectivity index is 0.00000121. The summed E-state index contributed by atoms with van der Waals surface area (Å²) >= 11 is 5.71. The Bertz CT molecular complexity index is 242. The molecular formula is C8H11Cl2NO. The Kier molecular flexibility index (Phi) is 5.25. The molecular weight excluding hydrogens is 197 g/mol. The fraction of sp³-hybridized carbons (Fsp3) is 0.250. The number of hydrogen-bond donors (Lipinski definition) is 2. The minimum atomic E-state index is -0.325. The van der Waals surface area contributed by atoms with Gasteiger partial charge < -0.3 is 10.8 Å². The van der Waals surface area contributed by atoms with Gasteiger partial charge >= 0.3 is 0 Å². The topological polar surface area (TPSA) is 46.2 Å². The molecule has 0 aliphatic rings. The molecule has 0 aliphatic carbocycles. The standard InChI is InChI=1S/C8H10ClNO.ClH/c9-7-3-1-2-6(4-7)8(10)5-11;/h1-4,8,11H,5,10H2;1H/t8-;/m0./s1. The number of aliphatic hydroxyl groups excluding tert-OH is 1. The van der Waals surface area contributed by atoms with Crippen molar-refractivity contribution < 1.29 is 5.11 Å². The third kappa shape index (κ3) is 2.99. The number of nitrogens with two attached hydrogens (primary N) is 1. The molecule has 68 valence electrons. The van der Waals surface area contributed by atoms with E-state index in [1.54, 1.807) is 12.1 Å². The van der Waals surface area contributed by atoms with Crippen LogP contribution >= 0.6 is 24.0 Å². The minimum Gasteiger partial charge on any atom is -0.394 e. The van der Waals surface area contributed by atoms with Gasteiger partial charge in [-0.2, -0.15) is 0 Å². The van der Waals surface area contributed by atoms with Crippen molar-refractivity contribution in [3.05, 3.63) is 34.9 Å². The highest BCUT2D eigenvalue weighted by Gasteiger charge is 2.02. The average Bonchev–Trinajstić information content (AvgIpc) is 2.03. The third-order valence-electron chi connectivity index (χ3n) is 1.47. The molecule has 0 aromatic heterocycles. The van der Waals surface area contributed by atoms with E-state index in [0.29, 0.717) is 5.02 Å². The molecule has 0 amide bonds. The molecule has 1 rings (SSSR count). The summed E-state index contributed by atoms with van der Waals surface area (Å²) in [5.74, 6) is 0. The lowest BCUT2D eigenvalue weighted by molar-refractivity contribution is 0.268. The van der Waals surface area contributed by atoms with Crippen LogP contribution in [-0.4, -0.2) is 11.7 Å². The molecule has 0 aliphatic heterocycles. The van der Waals surface area contributed by atoms with Gasteiger partial charge in [-0.15, -0.1) is 12.4 Å². The van der Waals surface area contributed by atoms with Gasteiger partial charge in [0.05, 0.1) is 12.6 Å². The van der Waals surface area contributed by atoms with Crippen LogP contribution in [0.3, 0.4) is 0 Å². The van der Waals surface area contributed by atoms with Crippen molar-refractivity contribution in [2.45, 2.75) is 6.04 Å². The fourth-order valence-corrected chi connectivity index (χ4v) is 1.04. The molecule has 0 heterocycles. The lowest BCUT2D eigenvalue weighted by atomic mass is 10.1. The maximum atomic E-state index is 8.71. The van der Waals surface area contributed by atoms with Gasteiger partial charge in [-0.1, -0.05) is 23.7 Å². The normalized spacial score (nSPS) is 11.9. The zero-order valence-electron chi connectivity index (χ0n) is 6.40. The zero-order valence-corrected chi connectivity index (χ0v) is 7.98. The maximum Gasteiger partial charge on any atom is 0.0624 e.